The number of rotatable bonds is 2. The topological polar surface area (TPSA) is 103 Å². The van der Waals surface area contributed by atoms with Crippen molar-refractivity contribution in [1.82, 2.24) is 19.5 Å². The zero-order valence-electron chi connectivity index (χ0n) is 13.4. The minimum absolute atomic E-state index is 0.112. The van der Waals surface area contributed by atoms with Crippen molar-refractivity contribution in [1.29, 1.82) is 0 Å². The summed E-state index contributed by atoms with van der Waals surface area (Å²) in [6, 6.07) is 3.55. The third-order valence-corrected chi connectivity index (χ3v) is 4.04. The van der Waals surface area contributed by atoms with E-state index < -0.39 is 11.5 Å². The normalized spacial score (nSPS) is 21.6. The van der Waals surface area contributed by atoms with Gasteiger partial charge in [0.05, 0.1) is 13.2 Å². The SMILES string of the molecule is Cc1cc(C)n2nc(C(=O)N3CCOC(C)(C(N)=O)C3)cc2n1. The molecule has 0 radical (unpaired) electrons. The number of ether oxygens (including phenoxy) is 1. The first-order valence-corrected chi connectivity index (χ1v) is 7.37. The highest BCUT2D eigenvalue weighted by Gasteiger charge is 2.39. The molecule has 1 aliphatic rings. The Morgan fingerprint density at radius 3 is 2.78 bits per heavy atom. The molecule has 2 amide bonds. The van der Waals surface area contributed by atoms with E-state index in [-0.39, 0.29) is 19.1 Å². The van der Waals surface area contributed by atoms with Gasteiger partial charge in [-0.15, -0.1) is 0 Å². The molecular weight excluding hydrogens is 298 g/mol. The zero-order chi connectivity index (χ0) is 16.8. The van der Waals surface area contributed by atoms with Gasteiger partial charge in [0.2, 0.25) is 0 Å². The fraction of sp³-hybridized carbons (Fsp3) is 0.467. The van der Waals surface area contributed by atoms with Crippen molar-refractivity contribution in [2.24, 2.45) is 5.73 Å². The minimum atomic E-state index is -1.17. The van der Waals surface area contributed by atoms with Crippen LogP contribution >= 0.6 is 0 Å². The maximum atomic E-state index is 12.7. The predicted molar refractivity (Wildman–Crippen MR) is 81.9 cm³/mol. The average molecular weight is 317 g/mol. The number of carbonyl (C=O) groups excluding carboxylic acids is 2. The Morgan fingerprint density at radius 2 is 2.09 bits per heavy atom. The van der Waals surface area contributed by atoms with Gasteiger partial charge in [-0.25, -0.2) is 9.50 Å². The highest BCUT2D eigenvalue weighted by Crippen LogP contribution is 2.19. The molecule has 0 bridgehead atoms. The van der Waals surface area contributed by atoms with E-state index in [1.54, 1.807) is 17.5 Å². The molecule has 8 nitrogen and oxygen atoms in total. The summed E-state index contributed by atoms with van der Waals surface area (Å²) in [4.78, 5) is 30.1. The lowest BCUT2D eigenvalue weighted by molar-refractivity contribution is -0.150. The Hall–Kier alpha value is -2.48. The van der Waals surface area contributed by atoms with Crippen LogP contribution in [-0.4, -0.2) is 56.6 Å². The number of aromatic nitrogens is 3. The molecule has 2 aromatic heterocycles. The molecule has 2 aromatic rings. The second-order valence-corrected chi connectivity index (χ2v) is 6.01. The predicted octanol–water partition coefficient (Wildman–Crippen LogP) is 0.0625. The lowest BCUT2D eigenvalue weighted by Crippen LogP contribution is -2.58. The number of amides is 2. The molecule has 0 spiro atoms. The lowest BCUT2D eigenvalue weighted by Gasteiger charge is -2.37. The van der Waals surface area contributed by atoms with E-state index in [4.69, 9.17) is 10.5 Å². The third-order valence-electron chi connectivity index (χ3n) is 4.04. The van der Waals surface area contributed by atoms with Crippen LogP contribution in [-0.2, 0) is 9.53 Å². The second kappa shape index (κ2) is 5.31. The Kier molecular flexibility index (Phi) is 3.56. The van der Waals surface area contributed by atoms with Gasteiger partial charge in [0.25, 0.3) is 11.8 Å². The van der Waals surface area contributed by atoms with Crippen LogP contribution in [0.25, 0.3) is 5.65 Å². The van der Waals surface area contributed by atoms with Crippen LogP contribution in [0.2, 0.25) is 0 Å². The fourth-order valence-corrected chi connectivity index (χ4v) is 2.75. The van der Waals surface area contributed by atoms with Crippen LogP contribution in [0, 0.1) is 13.8 Å². The summed E-state index contributed by atoms with van der Waals surface area (Å²) in [5.41, 5.74) is 6.87. The van der Waals surface area contributed by atoms with Gasteiger partial charge in [-0.2, -0.15) is 5.10 Å². The van der Waals surface area contributed by atoms with Crippen LogP contribution in [0.5, 0.6) is 0 Å². The van der Waals surface area contributed by atoms with Crippen molar-refractivity contribution in [3.8, 4) is 0 Å². The average Bonchev–Trinajstić information content (AvgIpc) is 2.90. The second-order valence-electron chi connectivity index (χ2n) is 6.01. The lowest BCUT2D eigenvalue weighted by atomic mass is 10.0. The molecule has 0 aromatic carbocycles. The van der Waals surface area contributed by atoms with E-state index in [2.05, 4.69) is 10.1 Å². The molecule has 122 valence electrons. The number of nitrogens with zero attached hydrogens (tertiary/aromatic N) is 4. The van der Waals surface area contributed by atoms with Gasteiger partial charge in [-0.3, -0.25) is 9.59 Å². The highest BCUT2D eigenvalue weighted by molar-refractivity contribution is 5.94. The summed E-state index contributed by atoms with van der Waals surface area (Å²) in [6.45, 7) is 6.15. The Bertz CT molecular complexity index is 800. The molecule has 3 rings (SSSR count). The van der Waals surface area contributed by atoms with Gasteiger partial charge in [0, 0.05) is 24.0 Å². The van der Waals surface area contributed by atoms with Gasteiger partial charge < -0.3 is 15.4 Å². The number of hydrogen-bond acceptors (Lipinski definition) is 5. The van der Waals surface area contributed by atoms with E-state index in [9.17, 15) is 9.59 Å². The third kappa shape index (κ3) is 2.65. The monoisotopic (exact) mass is 317 g/mol. The molecule has 8 heteroatoms. The van der Waals surface area contributed by atoms with E-state index in [0.29, 0.717) is 17.9 Å². The van der Waals surface area contributed by atoms with Crippen molar-refractivity contribution < 1.29 is 14.3 Å². The van der Waals surface area contributed by atoms with Crippen molar-refractivity contribution in [2.45, 2.75) is 26.4 Å². The smallest absolute Gasteiger partial charge is 0.274 e. The number of primary amides is 1. The summed E-state index contributed by atoms with van der Waals surface area (Å²) in [6.07, 6.45) is 0. The number of carbonyl (C=O) groups is 2. The largest absolute Gasteiger partial charge is 0.367 e. The molecular formula is C15H19N5O3. The first-order valence-electron chi connectivity index (χ1n) is 7.37. The van der Waals surface area contributed by atoms with E-state index in [1.165, 1.54) is 4.90 Å². The van der Waals surface area contributed by atoms with E-state index in [0.717, 1.165) is 11.4 Å². The standard InChI is InChI=1S/C15H19N5O3/c1-9-6-10(2)20-12(17-9)7-11(18-20)13(21)19-4-5-23-15(3,8-19)14(16)22/h6-7H,4-5,8H2,1-3H3,(H2,16,22). The molecule has 1 fully saturated rings. The fourth-order valence-electron chi connectivity index (χ4n) is 2.75. The summed E-state index contributed by atoms with van der Waals surface area (Å²) in [7, 11) is 0. The van der Waals surface area contributed by atoms with Gasteiger partial charge in [-0.1, -0.05) is 0 Å². The van der Waals surface area contributed by atoms with Gasteiger partial charge in [-0.05, 0) is 26.8 Å². The zero-order valence-corrected chi connectivity index (χ0v) is 13.4. The molecule has 2 N–H and O–H groups in total. The van der Waals surface area contributed by atoms with Crippen molar-refractivity contribution in [3.05, 3.63) is 29.2 Å². The number of morpholine rings is 1. The van der Waals surface area contributed by atoms with Crippen LogP contribution < -0.4 is 5.73 Å². The molecule has 0 saturated carbocycles. The van der Waals surface area contributed by atoms with Crippen LogP contribution in [0.15, 0.2) is 12.1 Å². The number of nitrogens with two attached hydrogens (primary N) is 1. The van der Waals surface area contributed by atoms with Crippen LogP contribution in [0.4, 0.5) is 0 Å². The maximum Gasteiger partial charge on any atom is 0.274 e. The molecule has 23 heavy (non-hydrogen) atoms. The maximum absolute atomic E-state index is 12.7. The summed E-state index contributed by atoms with van der Waals surface area (Å²) in [5.74, 6) is -0.846. The van der Waals surface area contributed by atoms with Gasteiger partial charge in [0.15, 0.2) is 16.9 Å². The molecule has 3 heterocycles. The highest BCUT2D eigenvalue weighted by atomic mass is 16.5. The van der Waals surface area contributed by atoms with Crippen molar-refractivity contribution >= 4 is 17.5 Å². The Labute approximate surface area is 133 Å². The van der Waals surface area contributed by atoms with E-state index >= 15 is 0 Å². The number of fused-ring (bicyclic) bond motifs is 1. The number of aryl methyl sites for hydroxylation is 2. The number of hydrogen-bond donors (Lipinski definition) is 1. The van der Waals surface area contributed by atoms with E-state index in [1.807, 2.05) is 19.9 Å². The van der Waals surface area contributed by atoms with Crippen LogP contribution in [0.3, 0.4) is 0 Å². The minimum Gasteiger partial charge on any atom is -0.367 e. The van der Waals surface area contributed by atoms with Crippen LogP contribution in [0.1, 0.15) is 28.8 Å². The molecule has 1 aliphatic heterocycles. The molecule has 1 saturated heterocycles. The summed E-state index contributed by atoms with van der Waals surface area (Å²) >= 11 is 0. The molecule has 0 aliphatic carbocycles. The summed E-state index contributed by atoms with van der Waals surface area (Å²) < 4.78 is 7.06. The van der Waals surface area contributed by atoms with Gasteiger partial charge >= 0.3 is 0 Å². The Balaban J connectivity index is 1.91. The first-order chi connectivity index (χ1) is 10.8. The quantitative estimate of drug-likeness (QED) is 0.844. The van der Waals surface area contributed by atoms with Crippen molar-refractivity contribution in [2.75, 3.05) is 19.7 Å². The first kappa shape index (κ1) is 15.4. The molecule has 1 unspecified atom stereocenters. The molecule has 1 atom stereocenters. The van der Waals surface area contributed by atoms with Gasteiger partial charge in [0.1, 0.15) is 0 Å². The van der Waals surface area contributed by atoms with Crippen molar-refractivity contribution in [3.63, 3.8) is 0 Å². The summed E-state index contributed by atoms with van der Waals surface area (Å²) in [5, 5.41) is 4.33. The Morgan fingerprint density at radius 1 is 1.35 bits per heavy atom.